The van der Waals surface area contributed by atoms with Gasteiger partial charge in [-0.1, -0.05) is 214 Å². The Balaban J connectivity index is 1.03. The number of hydrogen-bond acceptors (Lipinski definition) is 3. The summed E-state index contributed by atoms with van der Waals surface area (Å²) in [5, 5.41) is 2.41. The Morgan fingerprint density at radius 1 is 0.290 bits per heavy atom. The summed E-state index contributed by atoms with van der Waals surface area (Å²) in [5.41, 5.74) is 17.7. The van der Waals surface area contributed by atoms with E-state index in [0.717, 1.165) is 27.8 Å². The van der Waals surface area contributed by atoms with Gasteiger partial charge in [0.2, 0.25) is 0 Å². The molecule has 9 aromatic carbocycles. The molecule has 0 N–H and O–H groups in total. The largest absolute Gasteiger partial charge is 0.208 e. The molecule has 12 rings (SSSR count). The third kappa shape index (κ3) is 5.34. The van der Waals surface area contributed by atoms with E-state index in [9.17, 15) is 0 Å². The molecule has 0 bridgehead atoms. The molecule has 2 aliphatic carbocycles. The van der Waals surface area contributed by atoms with Crippen LogP contribution in [-0.2, 0) is 10.8 Å². The van der Waals surface area contributed by atoms with Gasteiger partial charge in [-0.25, -0.2) is 15.0 Å². The highest BCUT2D eigenvalue weighted by Crippen LogP contribution is 2.62. The van der Waals surface area contributed by atoms with Crippen molar-refractivity contribution in [2.75, 3.05) is 0 Å². The lowest BCUT2D eigenvalue weighted by atomic mass is 9.55. The van der Waals surface area contributed by atoms with Gasteiger partial charge >= 0.3 is 0 Å². The molecule has 1 aromatic heterocycles. The topological polar surface area (TPSA) is 38.7 Å². The summed E-state index contributed by atoms with van der Waals surface area (Å²) in [4.78, 5) is 15.1. The zero-order chi connectivity index (χ0) is 41.4. The second kappa shape index (κ2) is 13.9. The van der Waals surface area contributed by atoms with Crippen LogP contribution in [0.4, 0.5) is 0 Å². The van der Waals surface area contributed by atoms with E-state index in [0.29, 0.717) is 17.5 Å². The molecule has 0 aliphatic heterocycles. The Hall–Kier alpha value is -7.75. The number of fused-ring (bicyclic) bond motifs is 10. The van der Waals surface area contributed by atoms with Gasteiger partial charge in [0.05, 0.1) is 5.41 Å². The summed E-state index contributed by atoms with van der Waals surface area (Å²) in [5.74, 6) is 1.94. The molecule has 292 valence electrons. The minimum Gasteiger partial charge on any atom is -0.208 e. The van der Waals surface area contributed by atoms with Crippen molar-refractivity contribution in [3.8, 4) is 67.5 Å². The van der Waals surface area contributed by atoms with Crippen LogP contribution in [0.15, 0.2) is 212 Å². The van der Waals surface area contributed by atoms with Crippen LogP contribution < -0.4 is 0 Å². The van der Waals surface area contributed by atoms with E-state index in [2.05, 4.69) is 166 Å². The van der Waals surface area contributed by atoms with Crippen LogP contribution in [0.25, 0.3) is 78.3 Å². The fourth-order valence-corrected chi connectivity index (χ4v) is 10.6. The molecule has 0 atom stereocenters. The van der Waals surface area contributed by atoms with Crippen molar-refractivity contribution in [1.82, 2.24) is 15.0 Å². The lowest BCUT2D eigenvalue weighted by molar-refractivity contribution is 0.563. The van der Waals surface area contributed by atoms with Gasteiger partial charge in [-0.15, -0.1) is 0 Å². The Morgan fingerprint density at radius 2 is 0.710 bits per heavy atom. The predicted octanol–water partition coefficient (Wildman–Crippen LogP) is 14.4. The summed E-state index contributed by atoms with van der Waals surface area (Å²) in [6.45, 7) is 4.76. The maximum atomic E-state index is 5.06. The van der Waals surface area contributed by atoms with Crippen LogP contribution in [0.2, 0.25) is 0 Å². The van der Waals surface area contributed by atoms with Crippen molar-refractivity contribution in [2.45, 2.75) is 24.7 Å². The zero-order valence-corrected chi connectivity index (χ0v) is 34.5. The monoisotopic (exact) mass is 791 g/mol. The van der Waals surface area contributed by atoms with Crippen LogP contribution in [0.1, 0.15) is 47.2 Å². The summed E-state index contributed by atoms with van der Waals surface area (Å²) < 4.78 is 0. The fraction of sp³-hybridized carbons (Fsp3) is 0.0678. The molecule has 3 heteroatoms. The second-order valence-corrected chi connectivity index (χ2v) is 17.1. The molecule has 1 heterocycles. The number of rotatable bonds is 5. The van der Waals surface area contributed by atoms with E-state index >= 15 is 0 Å². The Labute approximate surface area is 362 Å². The highest BCUT2D eigenvalue weighted by Gasteiger charge is 2.53. The highest BCUT2D eigenvalue weighted by atomic mass is 15.0. The number of hydrogen-bond donors (Lipinski definition) is 0. The van der Waals surface area contributed by atoms with Crippen LogP contribution in [-0.4, -0.2) is 15.0 Å². The minimum atomic E-state index is -0.423. The predicted molar refractivity (Wildman–Crippen MR) is 254 cm³/mol. The lowest BCUT2D eigenvalue weighted by Gasteiger charge is -2.46. The molecule has 1 spiro atoms. The molecule has 0 radical (unpaired) electrons. The van der Waals surface area contributed by atoms with E-state index in [-0.39, 0.29) is 5.41 Å². The SMILES string of the molecule is CC1(C)c2ccccc2C2(c3ccccc3-c3cc(-c4cccc5cccc(-c6cccc(-c7nc(-c8ccccc8)nc(-c8ccccc8)n7)c6)c45)ccc32)c2ccccc21. The van der Waals surface area contributed by atoms with Crippen LogP contribution in [0.5, 0.6) is 0 Å². The first-order valence-electron chi connectivity index (χ1n) is 21.4. The number of benzene rings is 9. The van der Waals surface area contributed by atoms with Crippen LogP contribution in [0, 0.1) is 0 Å². The molecule has 0 saturated heterocycles. The van der Waals surface area contributed by atoms with Gasteiger partial charge in [-0.05, 0) is 89.7 Å². The molecule has 0 amide bonds. The molecule has 62 heavy (non-hydrogen) atoms. The van der Waals surface area contributed by atoms with Crippen LogP contribution in [0.3, 0.4) is 0 Å². The first kappa shape index (κ1) is 36.1. The van der Waals surface area contributed by atoms with E-state index in [4.69, 9.17) is 15.0 Å². The van der Waals surface area contributed by atoms with E-state index < -0.39 is 5.41 Å². The van der Waals surface area contributed by atoms with Crippen LogP contribution >= 0.6 is 0 Å². The van der Waals surface area contributed by atoms with Gasteiger partial charge in [0.1, 0.15) is 0 Å². The number of nitrogens with zero attached hydrogens (tertiary/aromatic N) is 3. The van der Waals surface area contributed by atoms with Gasteiger partial charge in [-0.3, -0.25) is 0 Å². The van der Waals surface area contributed by atoms with E-state index in [1.807, 2.05) is 60.7 Å². The quantitative estimate of drug-likeness (QED) is 0.174. The Morgan fingerprint density at radius 3 is 1.31 bits per heavy atom. The van der Waals surface area contributed by atoms with Crippen molar-refractivity contribution in [3.63, 3.8) is 0 Å². The third-order valence-corrected chi connectivity index (χ3v) is 13.4. The molecule has 2 aliphatic rings. The maximum Gasteiger partial charge on any atom is 0.164 e. The highest BCUT2D eigenvalue weighted by molar-refractivity contribution is 6.07. The molecule has 0 unspecified atom stereocenters. The average Bonchev–Trinajstić information content (AvgIpc) is 3.63. The van der Waals surface area contributed by atoms with E-state index in [1.165, 1.54) is 66.4 Å². The van der Waals surface area contributed by atoms with Crippen molar-refractivity contribution < 1.29 is 0 Å². The Kier molecular flexibility index (Phi) is 8.10. The molecule has 0 saturated carbocycles. The molecule has 0 fully saturated rings. The molecular formula is C59H41N3. The summed E-state index contributed by atoms with van der Waals surface area (Å²) in [6.07, 6.45) is 0. The maximum absolute atomic E-state index is 5.06. The summed E-state index contributed by atoms with van der Waals surface area (Å²) in [6, 6.07) is 76.9. The lowest BCUT2D eigenvalue weighted by Crippen LogP contribution is -2.40. The molecule has 3 nitrogen and oxygen atoms in total. The van der Waals surface area contributed by atoms with E-state index in [1.54, 1.807) is 0 Å². The first-order valence-corrected chi connectivity index (χ1v) is 21.4. The average molecular weight is 792 g/mol. The molecule has 10 aromatic rings. The van der Waals surface area contributed by atoms with Gasteiger partial charge < -0.3 is 0 Å². The first-order chi connectivity index (χ1) is 30.5. The van der Waals surface area contributed by atoms with Crippen molar-refractivity contribution in [3.05, 3.63) is 246 Å². The summed E-state index contributed by atoms with van der Waals surface area (Å²) in [7, 11) is 0. The number of aromatic nitrogens is 3. The Bertz CT molecular complexity index is 3270. The standard InChI is InChI=1S/C59H41N3/c1-58(2)50-30-11-13-32-52(50)59(53-33-14-12-31-51(53)58)48-29-10-9-26-46(48)47-37-42(34-35-49(47)59)45-28-17-23-38-22-16-27-44(54(38)45)41-24-15-25-43(36-41)57-61-55(39-18-5-3-6-19-39)60-56(62-57)40-20-7-4-8-21-40/h3-37H,1-2H3. The smallest absolute Gasteiger partial charge is 0.164 e. The summed E-state index contributed by atoms with van der Waals surface area (Å²) >= 11 is 0. The third-order valence-electron chi connectivity index (χ3n) is 13.4. The van der Waals surface area contributed by atoms with Crippen molar-refractivity contribution in [1.29, 1.82) is 0 Å². The second-order valence-electron chi connectivity index (χ2n) is 17.1. The van der Waals surface area contributed by atoms with Gasteiger partial charge in [-0.2, -0.15) is 0 Å². The van der Waals surface area contributed by atoms with Gasteiger partial charge in [0.25, 0.3) is 0 Å². The van der Waals surface area contributed by atoms with Crippen molar-refractivity contribution in [2.24, 2.45) is 0 Å². The normalized spacial score (nSPS) is 13.9. The van der Waals surface area contributed by atoms with Crippen molar-refractivity contribution >= 4 is 10.8 Å². The minimum absolute atomic E-state index is 0.134. The fourth-order valence-electron chi connectivity index (χ4n) is 10.6. The van der Waals surface area contributed by atoms with Gasteiger partial charge in [0, 0.05) is 22.1 Å². The molecular weight excluding hydrogens is 751 g/mol. The zero-order valence-electron chi connectivity index (χ0n) is 34.5. The van der Waals surface area contributed by atoms with Gasteiger partial charge in [0.15, 0.2) is 17.5 Å².